The highest BCUT2D eigenvalue weighted by Crippen LogP contribution is 2.30. The van der Waals surface area contributed by atoms with Gasteiger partial charge in [0.1, 0.15) is 11.5 Å². The monoisotopic (exact) mass is 402 g/mol. The van der Waals surface area contributed by atoms with Gasteiger partial charge in [-0.25, -0.2) is 0 Å². The van der Waals surface area contributed by atoms with E-state index in [1.165, 1.54) is 18.9 Å². The van der Waals surface area contributed by atoms with Crippen molar-refractivity contribution in [1.82, 2.24) is 4.57 Å². The lowest BCUT2D eigenvalue weighted by Crippen LogP contribution is -1.86. The number of fused-ring (bicyclic) bond motifs is 1. The first-order valence-corrected chi connectivity index (χ1v) is 8.75. The molecule has 0 aliphatic carbocycles. The van der Waals surface area contributed by atoms with E-state index in [1.54, 1.807) is 36.9 Å². The maximum absolute atomic E-state index is 10.8. The molecule has 0 aliphatic heterocycles. The fraction of sp³-hybridized carbons (Fsp3) is 0.286. The Morgan fingerprint density at radius 1 is 0.966 bits per heavy atom. The number of rotatable bonds is 3. The summed E-state index contributed by atoms with van der Waals surface area (Å²) in [5.41, 5.74) is 2.18. The molecular formula is C21H26N2O6. The van der Waals surface area contributed by atoms with E-state index >= 15 is 0 Å². The van der Waals surface area contributed by atoms with Crippen molar-refractivity contribution in [3.8, 4) is 11.5 Å². The molecule has 0 bridgehead atoms. The van der Waals surface area contributed by atoms with E-state index in [1.807, 2.05) is 38.1 Å². The number of nitro groups is 1. The molecule has 2 aromatic carbocycles. The Morgan fingerprint density at radius 3 is 1.90 bits per heavy atom. The van der Waals surface area contributed by atoms with Crippen molar-refractivity contribution in [2.75, 3.05) is 14.2 Å². The highest BCUT2D eigenvalue weighted by Gasteiger charge is 2.16. The molecule has 0 fully saturated rings. The predicted molar refractivity (Wildman–Crippen MR) is 110 cm³/mol. The first-order chi connectivity index (χ1) is 13.9. The number of benzene rings is 2. The van der Waals surface area contributed by atoms with Crippen molar-refractivity contribution in [3.63, 3.8) is 0 Å². The van der Waals surface area contributed by atoms with Crippen molar-refractivity contribution in [3.05, 3.63) is 64.3 Å². The fourth-order valence-electron chi connectivity index (χ4n) is 2.30. The normalized spacial score (nSPS) is 8.76. The Kier molecular flexibility index (Phi) is 11.8. The van der Waals surface area contributed by atoms with Crippen LogP contribution in [0.3, 0.4) is 0 Å². The van der Waals surface area contributed by atoms with Crippen LogP contribution in [0.15, 0.2) is 48.7 Å². The molecule has 1 heterocycles. The highest BCUT2D eigenvalue weighted by molar-refractivity contribution is 5.90. The summed E-state index contributed by atoms with van der Waals surface area (Å²) in [5, 5.41) is 11.4. The molecule has 0 amide bonds. The van der Waals surface area contributed by atoms with Crippen molar-refractivity contribution < 1.29 is 24.0 Å². The SMILES string of the molecule is CC.COc1ccc(C)cc1.COc1ccc2c(c1)c([N+](=O)[O-])cn2C.O=C=O. The van der Waals surface area contributed by atoms with Crippen LogP contribution in [0, 0.1) is 17.0 Å². The van der Waals surface area contributed by atoms with Gasteiger partial charge in [-0.05, 0) is 37.3 Å². The number of aromatic nitrogens is 1. The molecule has 0 radical (unpaired) electrons. The zero-order valence-corrected chi connectivity index (χ0v) is 17.5. The zero-order chi connectivity index (χ0) is 22.4. The maximum Gasteiger partial charge on any atom is 0.373 e. The third-order valence-corrected chi connectivity index (χ3v) is 3.63. The van der Waals surface area contributed by atoms with Crippen molar-refractivity contribution in [2.24, 2.45) is 7.05 Å². The number of aryl methyl sites for hydroxylation is 2. The molecule has 3 aromatic rings. The summed E-state index contributed by atoms with van der Waals surface area (Å²) in [7, 11) is 4.99. The van der Waals surface area contributed by atoms with Crippen LogP contribution in [0.4, 0.5) is 5.69 Å². The van der Waals surface area contributed by atoms with Gasteiger partial charge in [-0.2, -0.15) is 9.59 Å². The second-order valence-electron chi connectivity index (χ2n) is 5.37. The van der Waals surface area contributed by atoms with Gasteiger partial charge in [0.2, 0.25) is 0 Å². The average molecular weight is 402 g/mol. The third kappa shape index (κ3) is 7.86. The standard InChI is InChI=1S/C10H10N2O3.C8H10O.C2H6.CO2/c1-11-6-10(12(13)14)8-5-7(15-2)3-4-9(8)11;1-7-3-5-8(9-2)6-4-7;1-2;2-1-3/h3-6H,1-2H3;3-6H,1-2H3;1-2H3;. The lowest BCUT2D eigenvalue weighted by molar-refractivity contribution is -0.383. The Morgan fingerprint density at radius 2 is 1.45 bits per heavy atom. The molecule has 8 nitrogen and oxygen atoms in total. The topological polar surface area (TPSA) is 101 Å². The Bertz CT molecular complexity index is 926. The van der Waals surface area contributed by atoms with Crippen molar-refractivity contribution in [1.29, 1.82) is 0 Å². The summed E-state index contributed by atoms with van der Waals surface area (Å²) in [6, 6.07) is 13.2. The summed E-state index contributed by atoms with van der Waals surface area (Å²) >= 11 is 0. The second kappa shape index (κ2) is 13.5. The van der Waals surface area contributed by atoms with Crippen LogP contribution < -0.4 is 9.47 Å². The molecule has 156 valence electrons. The molecule has 0 aliphatic rings. The van der Waals surface area contributed by atoms with Gasteiger partial charge in [0.05, 0.1) is 36.2 Å². The fourth-order valence-corrected chi connectivity index (χ4v) is 2.30. The van der Waals surface area contributed by atoms with Gasteiger partial charge in [0, 0.05) is 7.05 Å². The van der Waals surface area contributed by atoms with E-state index in [-0.39, 0.29) is 16.8 Å². The Balaban J connectivity index is 0.000000478. The van der Waals surface area contributed by atoms with Gasteiger partial charge in [-0.3, -0.25) is 10.1 Å². The largest absolute Gasteiger partial charge is 0.497 e. The summed E-state index contributed by atoms with van der Waals surface area (Å²) in [6.45, 7) is 6.06. The van der Waals surface area contributed by atoms with E-state index in [0.29, 0.717) is 11.1 Å². The maximum atomic E-state index is 10.8. The van der Waals surface area contributed by atoms with E-state index in [9.17, 15) is 10.1 Å². The minimum atomic E-state index is -0.387. The number of carbonyl (C=O) groups excluding carboxylic acids is 2. The lowest BCUT2D eigenvalue weighted by Gasteiger charge is -1.99. The summed E-state index contributed by atoms with van der Waals surface area (Å²) in [4.78, 5) is 26.6. The summed E-state index contributed by atoms with van der Waals surface area (Å²) in [5.74, 6) is 1.54. The molecule has 0 spiro atoms. The lowest BCUT2D eigenvalue weighted by atomic mass is 10.2. The van der Waals surface area contributed by atoms with E-state index < -0.39 is 0 Å². The summed E-state index contributed by atoms with van der Waals surface area (Å²) in [6.07, 6.45) is 1.75. The zero-order valence-electron chi connectivity index (χ0n) is 17.5. The van der Waals surface area contributed by atoms with Gasteiger partial charge in [-0.15, -0.1) is 0 Å². The van der Waals surface area contributed by atoms with E-state index in [0.717, 1.165) is 11.3 Å². The first kappa shape index (κ1) is 25.4. The van der Waals surface area contributed by atoms with Crippen LogP contribution in [0.2, 0.25) is 0 Å². The highest BCUT2D eigenvalue weighted by atomic mass is 16.6. The molecule has 0 saturated heterocycles. The molecule has 0 saturated carbocycles. The average Bonchev–Trinajstić information content (AvgIpc) is 3.07. The van der Waals surface area contributed by atoms with E-state index in [2.05, 4.69) is 6.92 Å². The molecule has 29 heavy (non-hydrogen) atoms. The molecular weight excluding hydrogens is 376 g/mol. The number of hydrogen-bond donors (Lipinski definition) is 0. The van der Waals surface area contributed by atoms with Crippen LogP contribution in [0.1, 0.15) is 19.4 Å². The van der Waals surface area contributed by atoms with Crippen LogP contribution >= 0.6 is 0 Å². The van der Waals surface area contributed by atoms with Gasteiger partial charge >= 0.3 is 6.15 Å². The number of hydrogen-bond acceptors (Lipinski definition) is 6. The van der Waals surface area contributed by atoms with Gasteiger partial charge in [0.25, 0.3) is 5.69 Å². The van der Waals surface area contributed by atoms with Gasteiger partial charge < -0.3 is 14.0 Å². The number of ether oxygens (including phenoxy) is 2. The van der Waals surface area contributed by atoms with E-state index in [4.69, 9.17) is 19.1 Å². The van der Waals surface area contributed by atoms with Gasteiger partial charge in [-0.1, -0.05) is 31.5 Å². The smallest absolute Gasteiger partial charge is 0.373 e. The third-order valence-electron chi connectivity index (χ3n) is 3.63. The predicted octanol–water partition coefficient (Wildman–Crippen LogP) is 4.54. The minimum Gasteiger partial charge on any atom is -0.497 e. The van der Waals surface area contributed by atoms with Crippen LogP contribution in [-0.4, -0.2) is 29.9 Å². The van der Waals surface area contributed by atoms with Crippen molar-refractivity contribution >= 4 is 22.7 Å². The minimum absolute atomic E-state index is 0.103. The summed E-state index contributed by atoms with van der Waals surface area (Å²) < 4.78 is 11.7. The first-order valence-electron chi connectivity index (χ1n) is 8.75. The number of methoxy groups -OCH3 is 2. The quantitative estimate of drug-likeness (QED) is 0.471. The van der Waals surface area contributed by atoms with Gasteiger partial charge in [0.15, 0.2) is 0 Å². The second-order valence-corrected chi connectivity index (χ2v) is 5.37. The molecule has 8 heteroatoms. The molecule has 1 aromatic heterocycles. The van der Waals surface area contributed by atoms with Crippen LogP contribution in [0.5, 0.6) is 11.5 Å². The number of nitrogens with zero attached hydrogens (tertiary/aromatic N) is 2. The van der Waals surface area contributed by atoms with Crippen molar-refractivity contribution in [2.45, 2.75) is 20.8 Å². The molecule has 3 rings (SSSR count). The molecule has 0 unspecified atom stereocenters. The molecule has 0 N–H and O–H groups in total. The Labute approximate surface area is 169 Å². The Hall–Kier alpha value is -3.64. The van der Waals surface area contributed by atoms with Crippen LogP contribution in [0.25, 0.3) is 10.9 Å². The van der Waals surface area contributed by atoms with Crippen LogP contribution in [-0.2, 0) is 16.6 Å². The molecule has 0 atom stereocenters.